The molecule has 1 aromatic heterocycles. The van der Waals surface area contributed by atoms with Gasteiger partial charge in [-0.25, -0.2) is 4.98 Å². The number of carbonyl (C=O) groups is 1. The third-order valence-electron chi connectivity index (χ3n) is 3.36. The Bertz CT molecular complexity index is 462. The molecule has 0 spiro atoms. The minimum Gasteiger partial charge on any atom is -0.417 e. The van der Waals surface area contributed by atoms with Gasteiger partial charge in [-0.1, -0.05) is 0 Å². The molecule has 5 nitrogen and oxygen atoms in total. The van der Waals surface area contributed by atoms with Gasteiger partial charge in [0.2, 0.25) is 5.88 Å². The fourth-order valence-corrected chi connectivity index (χ4v) is 2.24. The van der Waals surface area contributed by atoms with Gasteiger partial charge in [0.25, 0.3) is 5.91 Å². The zero-order valence-corrected chi connectivity index (χ0v) is 11.8. The van der Waals surface area contributed by atoms with Gasteiger partial charge >= 0.3 is 6.61 Å². The minimum atomic E-state index is -2.92. The largest absolute Gasteiger partial charge is 0.417 e. The van der Waals surface area contributed by atoms with E-state index in [1.165, 1.54) is 18.3 Å². The lowest BCUT2D eigenvalue weighted by Gasteiger charge is -2.23. The highest BCUT2D eigenvalue weighted by Crippen LogP contribution is 2.17. The van der Waals surface area contributed by atoms with Crippen LogP contribution in [0.3, 0.4) is 0 Å². The number of hydrogen-bond acceptors (Lipinski definition) is 4. The van der Waals surface area contributed by atoms with Gasteiger partial charge < -0.3 is 14.4 Å². The lowest BCUT2D eigenvalue weighted by atomic mass is 10.1. The molecule has 1 fully saturated rings. The number of carbonyl (C=O) groups excluding carboxylic acids is 1. The van der Waals surface area contributed by atoms with E-state index in [0.29, 0.717) is 31.2 Å². The van der Waals surface area contributed by atoms with Crippen LogP contribution in [0, 0.1) is 5.92 Å². The number of halogens is 2. The van der Waals surface area contributed by atoms with Crippen LogP contribution in [0.15, 0.2) is 18.3 Å². The highest BCUT2D eigenvalue weighted by atomic mass is 19.3. The second-order valence-electron chi connectivity index (χ2n) is 4.84. The summed E-state index contributed by atoms with van der Waals surface area (Å²) in [4.78, 5) is 17.8. The van der Waals surface area contributed by atoms with Crippen molar-refractivity contribution in [2.75, 3.05) is 26.3 Å². The molecular weight excluding hydrogens is 282 g/mol. The fraction of sp³-hybridized carbons (Fsp3) is 0.571. The standard InChI is InChI=1S/C14H18F2N2O3/c1-2-18(8-10-5-6-20-9-10)13(19)11-3-4-12(17-7-11)21-14(15)16/h3-4,7,10,14H,2,5-6,8-9H2,1H3. The van der Waals surface area contributed by atoms with E-state index in [4.69, 9.17) is 4.74 Å². The van der Waals surface area contributed by atoms with Crippen LogP contribution in [-0.4, -0.2) is 48.7 Å². The molecule has 1 atom stereocenters. The predicted molar refractivity (Wildman–Crippen MR) is 71.4 cm³/mol. The van der Waals surface area contributed by atoms with Crippen molar-refractivity contribution in [2.45, 2.75) is 20.0 Å². The van der Waals surface area contributed by atoms with Crippen molar-refractivity contribution in [2.24, 2.45) is 5.92 Å². The maximum absolute atomic E-state index is 12.4. The molecule has 0 N–H and O–H groups in total. The topological polar surface area (TPSA) is 51.7 Å². The summed E-state index contributed by atoms with van der Waals surface area (Å²) in [6.45, 7) is 1.58. The van der Waals surface area contributed by atoms with Gasteiger partial charge in [0.05, 0.1) is 12.2 Å². The molecule has 1 saturated heterocycles. The summed E-state index contributed by atoms with van der Waals surface area (Å²) < 4.78 is 33.5. The second kappa shape index (κ2) is 7.31. The average Bonchev–Trinajstić information content (AvgIpc) is 2.97. The zero-order chi connectivity index (χ0) is 15.2. The molecular formula is C14H18F2N2O3. The van der Waals surface area contributed by atoms with Crippen LogP contribution in [0.5, 0.6) is 5.88 Å². The van der Waals surface area contributed by atoms with Crippen LogP contribution in [0.25, 0.3) is 0 Å². The minimum absolute atomic E-state index is 0.166. The first kappa shape index (κ1) is 15.6. The normalized spacial score (nSPS) is 18.0. The number of ether oxygens (including phenoxy) is 2. The van der Waals surface area contributed by atoms with Gasteiger partial charge in [-0.2, -0.15) is 8.78 Å². The molecule has 1 unspecified atom stereocenters. The van der Waals surface area contributed by atoms with Crippen LogP contribution >= 0.6 is 0 Å². The molecule has 0 bridgehead atoms. The van der Waals surface area contributed by atoms with E-state index in [2.05, 4.69) is 9.72 Å². The van der Waals surface area contributed by atoms with Crippen LogP contribution in [0.2, 0.25) is 0 Å². The molecule has 1 aliphatic heterocycles. The van der Waals surface area contributed by atoms with E-state index in [9.17, 15) is 13.6 Å². The number of rotatable bonds is 6. The van der Waals surface area contributed by atoms with Crippen LogP contribution in [0.1, 0.15) is 23.7 Å². The van der Waals surface area contributed by atoms with Crippen molar-refractivity contribution < 1.29 is 23.0 Å². The first-order valence-electron chi connectivity index (χ1n) is 6.88. The Labute approximate surface area is 121 Å². The van der Waals surface area contributed by atoms with E-state index in [-0.39, 0.29) is 11.8 Å². The maximum Gasteiger partial charge on any atom is 0.388 e. The molecule has 2 heterocycles. The number of alkyl halides is 2. The van der Waals surface area contributed by atoms with E-state index in [0.717, 1.165) is 13.0 Å². The van der Waals surface area contributed by atoms with Gasteiger partial charge in [-0.05, 0) is 19.4 Å². The van der Waals surface area contributed by atoms with Crippen molar-refractivity contribution in [1.29, 1.82) is 0 Å². The van der Waals surface area contributed by atoms with E-state index in [1.807, 2.05) is 6.92 Å². The lowest BCUT2D eigenvalue weighted by Crippen LogP contribution is -2.35. The van der Waals surface area contributed by atoms with Crippen LogP contribution in [0.4, 0.5) is 8.78 Å². The number of pyridine rings is 1. The third kappa shape index (κ3) is 4.35. The molecule has 7 heteroatoms. The maximum atomic E-state index is 12.4. The summed E-state index contributed by atoms with van der Waals surface area (Å²) in [5.41, 5.74) is 0.359. The molecule has 2 rings (SSSR count). The first-order valence-corrected chi connectivity index (χ1v) is 6.88. The Kier molecular flexibility index (Phi) is 5.44. The van der Waals surface area contributed by atoms with Gasteiger partial charge in [0.1, 0.15) is 0 Å². The highest BCUT2D eigenvalue weighted by molar-refractivity contribution is 5.93. The Hall–Kier alpha value is -1.76. The molecule has 1 aliphatic rings. The summed E-state index contributed by atoms with van der Waals surface area (Å²) in [6.07, 6.45) is 2.21. The molecule has 0 radical (unpaired) electrons. The summed E-state index contributed by atoms with van der Waals surface area (Å²) in [6, 6.07) is 2.72. The zero-order valence-electron chi connectivity index (χ0n) is 11.8. The fourth-order valence-electron chi connectivity index (χ4n) is 2.24. The number of aromatic nitrogens is 1. The summed E-state index contributed by atoms with van der Waals surface area (Å²) >= 11 is 0. The number of nitrogens with zero attached hydrogens (tertiary/aromatic N) is 2. The predicted octanol–water partition coefficient (Wildman–Crippen LogP) is 2.18. The van der Waals surface area contributed by atoms with E-state index >= 15 is 0 Å². The van der Waals surface area contributed by atoms with Crippen molar-refractivity contribution >= 4 is 5.91 Å². The summed E-state index contributed by atoms with van der Waals surface area (Å²) in [7, 11) is 0. The first-order chi connectivity index (χ1) is 10.1. The molecule has 21 heavy (non-hydrogen) atoms. The Morgan fingerprint density at radius 3 is 2.90 bits per heavy atom. The highest BCUT2D eigenvalue weighted by Gasteiger charge is 2.22. The van der Waals surface area contributed by atoms with E-state index < -0.39 is 6.61 Å². The number of amides is 1. The van der Waals surface area contributed by atoms with Gasteiger partial charge in [-0.15, -0.1) is 0 Å². The van der Waals surface area contributed by atoms with Crippen molar-refractivity contribution in [3.8, 4) is 5.88 Å². The molecule has 1 aromatic rings. The smallest absolute Gasteiger partial charge is 0.388 e. The van der Waals surface area contributed by atoms with Crippen molar-refractivity contribution in [3.05, 3.63) is 23.9 Å². The molecule has 0 saturated carbocycles. The van der Waals surface area contributed by atoms with Crippen LogP contribution < -0.4 is 4.74 Å². The molecule has 0 aliphatic carbocycles. The molecule has 116 valence electrons. The van der Waals surface area contributed by atoms with Gasteiger partial charge in [0.15, 0.2) is 0 Å². The third-order valence-corrected chi connectivity index (χ3v) is 3.36. The monoisotopic (exact) mass is 300 g/mol. The van der Waals surface area contributed by atoms with Gasteiger partial charge in [0, 0.05) is 37.9 Å². The Balaban J connectivity index is 1.99. The summed E-state index contributed by atoms with van der Waals surface area (Å²) in [5.74, 6) is -0.0161. The van der Waals surface area contributed by atoms with Gasteiger partial charge in [-0.3, -0.25) is 4.79 Å². The van der Waals surface area contributed by atoms with E-state index in [1.54, 1.807) is 4.90 Å². The van der Waals surface area contributed by atoms with Crippen molar-refractivity contribution in [1.82, 2.24) is 9.88 Å². The Morgan fingerprint density at radius 1 is 1.57 bits per heavy atom. The Morgan fingerprint density at radius 2 is 2.38 bits per heavy atom. The second-order valence-corrected chi connectivity index (χ2v) is 4.84. The lowest BCUT2D eigenvalue weighted by molar-refractivity contribution is -0.0528. The number of hydrogen-bond donors (Lipinski definition) is 0. The quantitative estimate of drug-likeness (QED) is 0.808. The molecule has 0 aromatic carbocycles. The molecule has 1 amide bonds. The van der Waals surface area contributed by atoms with Crippen molar-refractivity contribution in [3.63, 3.8) is 0 Å². The van der Waals surface area contributed by atoms with Crippen LogP contribution in [-0.2, 0) is 4.74 Å². The summed E-state index contributed by atoms with van der Waals surface area (Å²) in [5, 5.41) is 0. The average molecular weight is 300 g/mol. The SMILES string of the molecule is CCN(CC1CCOC1)C(=O)c1ccc(OC(F)F)nc1.